The van der Waals surface area contributed by atoms with Gasteiger partial charge in [-0.1, -0.05) is 231 Å². The standard InChI is InChI=1S/C47H93NO4/c1-3-5-7-9-11-13-15-17-19-21-23-25-27-29-31-33-35-37-39-41-45(50)44(43-49)48-47(52)46(51)42-40-38-36-34-32-30-28-26-24-22-20-18-16-14-12-10-8-6-4-2/h24,26,44-46,49-51H,3-23,25,27-43H2,1-2H3,(H,48,52)/b26-24-. The predicted octanol–water partition coefficient (Wildman–Crippen LogP) is 13.6. The van der Waals surface area contributed by atoms with Crippen LogP contribution in [0.1, 0.15) is 258 Å². The molecule has 0 spiro atoms. The van der Waals surface area contributed by atoms with E-state index in [1.54, 1.807) is 0 Å². The molecule has 0 aliphatic rings. The molecule has 0 radical (unpaired) electrons. The largest absolute Gasteiger partial charge is 0.394 e. The van der Waals surface area contributed by atoms with E-state index < -0.39 is 24.2 Å². The zero-order valence-electron chi connectivity index (χ0n) is 35.2. The molecule has 3 unspecified atom stereocenters. The van der Waals surface area contributed by atoms with E-state index in [-0.39, 0.29) is 6.61 Å². The molecule has 1 amide bonds. The molecular weight excluding hydrogens is 643 g/mol. The van der Waals surface area contributed by atoms with Gasteiger partial charge in [-0.2, -0.15) is 0 Å². The Bertz CT molecular complexity index is 728. The van der Waals surface area contributed by atoms with Gasteiger partial charge in [-0.15, -0.1) is 0 Å². The van der Waals surface area contributed by atoms with Crippen LogP contribution < -0.4 is 5.32 Å². The van der Waals surface area contributed by atoms with Crippen LogP contribution in [0.4, 0.5) is 0 Å². The van der Waals surface area contributed by atoms with Crippen molar-refractivity contribution in [3.05, 3.63) is 12.2 Å². The maximum Gasteiger partial charge on any atom is 0.249 e. The van der Waals surface area contributed by atoms with Crippen molar-refractivity contribution in [2.24, 2.45) is 0 Å². The van der Waals surface area contributed by atoms with Crippen molar-refractivity contribution in [3.63, 3.8) is 0 Å². The molecule has 5 heteroatoms. The third kappa shape index (κ3) is 37.4. The molecule has 4 N–H and O–H groups in total. The van der Waals surface area contributed by atoms with Crippen molar-refractivity contribution in [3.8, 4) is 0 Å². The number of allylic oxidation sites excluding steroid dienone is 2. The molecule has 0 heterocycles. The van der Waals surface area contributed by atoms with Crippen molar-refractivity contribution < 1.29 is 20.1 Å². The van der Waals surface area contributed by atoms with Gasteiger partial charge in [0.1, 0.15) is 6.10 Å². The first-order chi connectivity index (χ1) is 25.6. The molecule has 0 saturated heterocycles. The average Bonchev–Trinajstić information content (AvgIpc) is 3.15. The number of rotatable bonds is 43. The summed E-state index contributed by atoms with van der Waals surface area (Å²) in [6, 6.07) is -0.711. The van der Waals surface area contributed by atoms with Crippen LogP contribution in [0.3, 0.4) is 0 Å². The van der Waals surface area contributed by atoms with Gasteiger partial charge in [0.05, 0.1) is 18.8 Å². The zero-order chi connectivity index (χ0) is 38.0. The normalized spacial score (nSPS) is 13.6. The minimum Gasteiger partial charge on any atom is -0.394 e. The number of amides is 1. The van der Waals surface area contributed by atoms with Gasteiger partial charge in [-0.25, -0.2) is 0 Å². The Labute approximate surface area is 325 Å². The van der Waals surface area contributed by atoms with Crippen LogP contribution in [0, 0.1) is 0 Å². The second-order valence-corrected chi connectivity index (χ2v) is 16.3. The Morgan fingerprint density at radius 1 is 0.442 bits per heavy atom. The van der Waals surface area contributed by atoms with E-state index in [2.05, 4.69) is 31.3 Å². The first kappa shape index (κ1) is 51.1. The van der Waals surface area contributed by atoms with E-state index in [4.69, 9.17) is 0 Å². The first-order valence-electron chi connectivity index (χ1n) is 23.5. The fourth-order valence-electron chi connectivity index (χ4n) is 7.42. The van der Waals surface area contributed by atoms with E-state index in [1.165, 1.54) is 199 Å². The highest BCUT2D eigenvalue weighted by Crippen LogP contribution is 2.17. The van der Waals surface area contributed by atoms with Gasteiger partial charge in [0.15, 0.2) is 0 Å². The predicted molar refractivity (Wildman–Crippen MR) is 227 cm³/mol. The van der Waals surface area contributed by atoms with E-state index in [0.29, 0.717) is 12.8 Å². The second kappa shape index (κ2) is 42.8. The number of carbonyl (C=O) groups excluding carboxylic acids is 1. The topological polar surface area (TPSA) is 89.8 Å². The molecular formula is C47H93NO4. The SMILES string of the molecule is CCCCCCCCCCC/C=C\CCCCCCCCC(O)C(=O)NC(CO)C(O)CCCCCCCCCCCCCCCCCCCCC. The van der Waals surface area contributed by atoms with Crippen molar-refractivity contribution in [1.29, 1.82) is 0 Å². The third-order valence-corrected chi connectivity index (χ3v) is 11.1. The molecule has 0 aromatic rings. The number of nitrogens with one attached hydrogen (secondary N) is 1. The summed E-state index contributed by atoms with van der Waals surface area (Å²) >= 11 is 0. The van der Waals surface area contributed by atoms with Crippen LogP contribution in [-0.2, 0) is 4.79 Å². The molecule has 52 heavy (non-hydrogen) atoms. The maximum absolute atomic E-state index is 12.5. The molecule has 310 valence electrons. The summed E-state index contributed by atoms with van der Waals surface area (Å²) < 4.78 is 0. The number of aliphatic hydroxyl groups excluding tert-OH is 3. The lowest BCUT2D eigenvalue weighted by atomic mass is 10.0. The molecule has 5 nitrogen and oxygen atoms in total. The van der Waals surface area contributed by atoms with E-state index in [0.717, 1.165) is 32.1 Å². The Morgan fingerprint density at radius 2 is 0.731 bits per heavy atom. The lowest BCUT2D eigenvalue weighted by Crippen LogP contribution is -2.49. The molecule has 0 fully saturated rings. The molecule has 0 aliphatic carbocycles. The molecule has 0 aliphatic heterocycles. The molecule has 0 aromatic heterocycles. The lowest BCUT2D eigenvalue weighted by Gasteiger charge is -2.23. The number of unbranched alkanes of at least 4 members (excludes halogenated alkanes) is 33. The van der Waals surface area contributed by atoms with Crippen LogP contribution in [0.5, 0.6) is 0 Å². The Morgan fingerprint density at radius 3 is 1.06 bits per heavy atom. The number of hydrogen-bond donors (Lipinski definition) is 4. The highest BCUT2D eigenvalue weighted by atomic mass is 16.3. The van der Waals surface area contributed by atoms with Gasteiger partial charge < -0.3 is 20.6 Å². The van der Waals surface area contributed by atoms with E-state index in [9.17, 15) is 20.1 Å². The number of hydrogen-bond acceptors (Lipinski definition) is 4. The highest BCUT2D eigenvalue weighted by molar-refractivity contribution is 5.80. The van der Waals surface area contributed by atoms with Crippen molar-refractivity contribution in [2.45, 2.75) is 276 Å². The van der Waals surface area contributed by atoms with Crippen LogP contribution in [-0.4, -0.2) is 46.1 Å². The monoisotopic (exact) mass is 736 g/mol. The quantitative estimate of drug-likeness (QED) is 0.0371. The first-order valence-corrected chi connectivity index (χ1v) is 23.5. The summed E-state index contributed by atoms with van der Waals surface area (Å²) in [7, 11) is 0. The van der Waals surface area contributed by atoms with Gasteiger partial charge in [0.25, 0.3) is 0 Å². The Kier molecular flexibility index (Phi) is 42.1. The zero-order valence-corrected chi connectivity index (χ0v) is 35.2. The summed E-state index contributed by atoms with van der Waals surface area (Å²) in [6.45, 7) is 4.25. The van der Waals surface area contributed by atoms with Crippen LogP contribution >= 0.6 is 0 Å². The highest BCUT2D eigenvalue weighted by Gasteiger charge is 2.23. The molecule has 0 rings (SSSR count). The van der Waals surface area contributed by atoms with Crippen LogP contribution in [0.25, 0.3) is 0 Å². The average molecular weight is 736 g/mol. The minimum absolute atomic E-state index is 0.312. The smallest absolute Gasteiger partial charge is 0.249 e. The van der Waals surface area contributed by atoms with Crippen LogP contribution in [0.2, 0.25) is 0 Å². The maximum atomic E-state index is 12.5. The molecule has 3 atom stereocenters. The van der Waals surface area contributed by atoms with Crippen molar-refractivity contribution >= 4 is 5.91 Å². The molecule has 0 aromatic carbocycles. The van der Waals surface area contributed by atoms with Gasteiger partial charge in [0.2, 0.25) is 5.91 Å². The Balaban J connectivity index is 3.59. The lowest BCUT2D eigenvalue weighted by molar-refractivity contribution is -0.131. The van der Waals surface area contributed by atoms with Gasteiger partial charge in [0, 0.05) is 0 Å². The summed E-state index contributed by atoms with van der Waals surface area (Å²) in [4.78, 5) is 12.5. The number of carbonyl (C=O) groups is 1. The van der Waals surface area contributed by atoms with Gasteiger partial charge in [-0.05, 0) is 38.5 Å². The molecule has 0 saturated carbocycles. The number of aliphatic hydroxyl groups is 3. The minimum atomic E-state index is -1.08. The summed E-state index contributed by atoms with van der Waals surface area (Å²) in [5.74, 6) is -0.472. The fraction of sp³-hybridized carbons (Fsp3) is 0.936. The second-order valence-electron chi connectivity index (χ2n) is 16.3. The fourth-order valence-corrected chi connectivity index (χ4v) is 7.42. The van der Waals surface area contributed by atoms with Crippen molar-refractivity contribution in [1.82, 2.24) is 5.32 Å². The Hall–Kier alpha value is -0.910. The third-order valence-electron chi connectivity index (χ3n) is 11.1. The summed E-state index contributed by atoms with van der Waals surface area (Å²) in [6.07, 6.45) is 50.7. The molecule has 0 bridgehead atoms. The van der Waals surface area contributed by atoms with E-state index >= 15 is 0 Å². The summed E-state index contributed by atoms with van der Waals surface area (Å²) in [5.41, 5.74) is 0. The summed E-state index contributed by atoms with van der Waals surface area (Å²) in [5, 5.41) is 33.4. The van der Waals surface area contributed by atoms with E-state index in [1.807, 2.05) is 0 Å². The van der Waals surface area contributed by atoms with Crippen LogP contribution in [0.15, 0.2) is 12.2 Å². The van der Waals surface area contributed by atoms with Gasteiger partial charge in [-0.3, -0.25) is 4.79 Å². The van der Waals surface area contributed by atoms with Gasteiger partial charge >= 0.3 is 0 Å². The van der Waals surface area contributed by atoms with Crippen molar-refractivity contribution in [2.75, 3.05) is 6.61 Å².